The molecule has 0 radical (unpaired) electrons. The van der Waals surface area contributed by atoms with Gasteiger partial charge in [-0.3, -0.25) is 0 Å². The number of halogens is 1. The van der Waals surface area contributed by atoms with Crippen LogP contribution in [0.4, 0.5) is 5.69 Å². The summed E-state index contributed by atoms with van der Waals surface area (Å²) in [7, 11) is 0. The Hall–Kier alpha value is -0.730. The summed E-state index contributed by atoms with van der Waals surface area (Å²) in [5.41, 5.74) is 7.23. The molecule has 0 spiro atoms. The van der Waals surface area contributed by atoms with Gasteiger partial charge in [-0.1, -0.05) is 31.9 Å². The molecule has 1 aliphatic carbocycles. The van der Waals surface area contributed by atoms with Gasteiger partial charge < -0.3 is 11.1 Å². The molecule has 0 saturated heterocycles. The van der Waals surface area contributed by atoms with Gasteiger partial charge in [-0.15, -0.1) is 0 Å². The van der Waals surface area contributed by atoms with Crippen molar-refractivity contribution in [1.82, 2.24) is 0 Å². The smallest absolute Gasteiger partial charge is 0.0523 e. The molecule has 1 saturated carbocycles. The van der Waals surface area contributed by atoms with Crippen LogP contribution in [0.25, 0.3) is 0 Å². The van der Waals surface area contributed by atoms with E-state index < -0.39 is 0 Å². The predicted octanol–water partition coefficient (Wildman–Crippen LogP) is 3.91. The Balaban J connectivity index is 2.18. The fraction of sp³-hybridized carbons (Fsp3) is 0.600. The summed E-state index contributed by atoms with van der Waals surface area (Å²) in [6.07, 6.45) is 3.71. The molecule has 3 N–H and O–H groups in total. The number of rotatable bonds is 3. The number of anilines is 1. The van der Waals surface area contributed by atoms with Gasteiger partial charge in [-0.05, 0) is 48.9 Å². The first-order chi connectivity index (χ1) is 8.55. The first kappa shape index (κ1) is 13.7. The molecule has 100 valence electrons. The Kier molecular flexibility index (Phi) is 4.18. The van der Waals surface area contributed by atoms with Crippen molar-refractivity contribution in [3.8, 4) is 0 Å². The van der Waals surface area contributed by atoms with E-state index in [1.54, 1.807) is 0 Å². The van der Waals surface area contributed by atoms with E-state index in [9.17, 15) is 0 Å². The molecule has 0 aliphatic heterocycles. The first-order valence-corrected chi connectivity index (χ1v) is 7.17. The fourth-order valence-corrected chi connectivity index (χ4v) is 3.19. The molecule has 0 aromatic heterocycles. The monoisotopic (exact) mass is 266 g/mol. The number of hydrogen-bond acceptors (Lipinski definition) is 2. The molecule has 1 fully saturated rings. The summed E-state index contributed by atoms with van der Waals surface area (Å²) in [4.78, 5) is 0. The third-order valence-electron chi connectivity index (χ3n) is 4.35. The third kappa shape index (κ3) is 2.81. The Bertz CT molecular complexity index is 390. The van der Waals surface area contributed by atoms with Crippen molar-refractivity contribution in [3.63, 3.8) is 0 Å². The summed E-state index contributed by atoms with van der Waals surface area (Å²) < 4.78 is 0. The van der Waals surface area contributed by atoms with E-state index in [0.717, 1.165) is 23.0 Å². The highest BCUT2D eigenvalue weighted by atomic mass is 35.5. The average Bonchev–Trinajstić information content (AvgIpc) is 2.37. The van der Waals surface area contributed by atoms with Crippen molar-refractivity contribution >= 4 is 17.3 Å². The molecule has 0 heterocycles. The van der Waals surface area contributed by atoms with E-state index >= 15 is 0 Å². The van der Waals surface area contributed by atoms with E-state index in [0.29, 0.717) is 12.5 Å². The standard InChI is InChI=1S/C15H23ClN2/c1-11-3-4-12(2)15(9-11,10-17)18-14-7-5-13(16)6-8-14/h5-8,11-12,18H,3-4,9-10,17H2,1-2H3. The van der Waals surface area contributed by atoms with Crippen molar-refractivity contribution < 1.29 is 0 Å². The second kappa shape index (κ2) is 5.50. The second-order valence-corrected chi connectivity index (χ2v) is 6.22. The predicted molar refractivity (Wildman–Crippen MR) is 79.0 cm³/mol. The van der Waals surface area contributed by atoms with Crippen LogP contribution in [-0.4, -0.2) is 12.1 Å². The minimum absolute atomic E-state index is 0.0332. The molecular weight excluding hydrogens is 244 g/mol. The highest BCUT2D eigenvalue weighted by Crippen LogP contribution is 2.38. The van der Waals surface area contributed by atoms with Crippen LogP contribution in [0.15, 0.2) is 24.3 Å². The van der Waals surface area contributed by atoms with Gasteiger partial charge in [-0.2, -0.15) is 0 Å². The van der Waals surface area contributed by atoms with Crippen molar-refractivity contribution in [3.05, 3.63) is 29.3 Å². The van der Waals surface area contributed by atoms with Crippen LogP contribution in [0.1, 0.15) is 33.1 Å². The van der Waals surface area contributed by atoms with E-state index in [4.69, 9.17) is 17.3 Å². The molecule has 0 bridgehead atoms. The van der Waals surface area contributed by atoms with Crippen LogP contribution in [0.5, 0.6) is 0 Å². The third-order valence-corrected chi connectivity index (χ3v) is 4.60. The lowest BCUT2D eigenvalue weighted by Gasteiger charge is -2.45. The summed E-state index contributed by atoms with van der Waals surface area (Å²) in [6, 6.07) is 7.91. The molecule has 3 atom stereocenters. The molecule has 3 unspecified atom stereocenters. The van der Waals surface area contributed by atoms with E-state index in [1.165, 1.54) is 12.8 Å². The maximum absolute atomic E-state index is 6.08. The topological polar surface area (TPSA) is 38.0 Å². The molecule has 2 nitrogen and oxygen atoms in total. The van der Waals surface area contributed by atoms with E-state index in [-0.39, 0.29) is 5.54 Å². The summed E-state index contributed by atoms with van der Waals surface area (Å²) in [6.45, 7) is 5.31. The SMILES string of the molecule is CC1CCC(C)C(CN)(Nc2ccc(Cl)cc2)C1. The quantitative estimate of drug-likeness (QED) is 0.871. The van der Waals surface area contributed by atoms with Crippen LogP contribution in [0.2, 0.25) is 5.02 Å². The molecule has 1 aromatic rings. The lowest BCUT2D eigenvalue weighted by Crippen LogP contribution is -2.54. The Labute approximate surface area is 115 Å². The highest BCUT2D eigenvalue weighted by molar-refractivity contribution is 6.30. The fourth-order valence-electron chi connectivity index (χ4n) is 3.07. The normalized spacial score (nSPS) is 32.2. The van der Waals surface area contributed by atoms with E-state index in [1.807, 2.05) is 24.3 Å². The summed E-state index contributed by atoms with van der Waals surface area (Å²) in [5.74, 6) is 1.35. The van der Waals surface area contributed by atoms with Crippen molar-refractivity contribution in [2.24, 2.45) is 17.6 Å². The van der Waals surface area contributed by atoms with Crippen LogP contribution >= 0.6 is 11.6 Å². The molecule has 1 aromatic carbocycles. The van der Waals surface area contributed by atoms with Crippen molar-refractivity contribution in [2.45, 2.75) is 38.6 Å². The van der Waals surface area contributed by atoms with Crippen LogP contribution < -0.4 is 11.1 Å². The van der Waals surface area contributed by atoms with Crippen LogP contribution in [0, 0.1) is 11.8 Å². The molecule has 0 amide bonds. The van der Waals surface area contributed by atoms with Gasteiger partial charge >= 0.3 is 0 Å². The molecule has 3 heteroatoms. The lowest BCUT2D eigenvalue weighted by atomic mass is 9.69. The van der Waals surface area contributed by atoms with Gasteiger partial charge in [0.15, 0.2) is 0 Å². The van der Waals surface area contributed by atoms with E-state index in [2.05, 4.69) is 19.2 Å². The Morgan fingerprint density at radius 2 is 1.94 bits per heavy atom. The van der Waals surface area contributed by atoms with Gasteiger partial charge in [0.25, 0.3) is 0 Å². The minimum atomic E-state index is 0.0332. The zero-order valence-corrected chi connectivity index (χ0v) is 12.0. The molecule has 18 heavy (non-hydrogen) atoms. The second-order valence-electron chi connectivity index (χ2n) is 5.78. The van der Waals surface area contributed by atoms with Crippen molar-refractivity contribution in [2.75, 3.05) is 11.9 Å². The highest BCUT2D eigenvalue weighted by Gasteiger charge is 2.39. The lowest BCUT2D eigenvalue weighted by molar-refractivity contribution is 0.188. The molecular formula is C15H23ClN2. The largest absolute Gasteiger partial charge is 0.378 e. The van der Waals surface area contributed by atoms with Crippen LogP contribution in [-0.2, 0) is 0 Å². The zero-order chi connectivity index (χ0) is 13.2. The minimum Gasteiger partial charge on any atom is -0.378 e. The number of nitrogens with two attached hydrogens (primary N) is 1. The molecule has 1 aliphatic rings. The number of hydrogen-bond donors (Lipinski definition) is 2. The van der Waals surface area contributed by atoms with Gasteiger partial charge in [0.05, 0.1) is 5.54 Å². The van der Waals surface area contributed by atoms with Gasteiger partial charge in [0.1, 0.15) is 0 Å². The summed E-state index contributed by atoms with van der Waals surface area (Å²) in [5, 5.41) is 4.44. The maximum Gasteiger partial charge on any atom is 0.0523 e. The maximum atomic E-state index is 6.08. The van der Waals surface area contributed by atoms with Crippen molar-refractivity contribution in [1.29, 1.82) is 0 Å². The number of nitrogens with one attached hydrogen (secondary N) is 1. The molecule has 2 rings (SSSR count). The number of benzene rings is 1. The van der Waals surface area contributed by atoms with Gasteiger partial charge in [0, 0.05) is 17.3 Å². The first-order valence-electron chi connectivity index (χ1n) is 6.79. The van der Waals surface area contributed by atoms with Gasteiger partial charge in [0.2, 0.25) is 0 Å². The Morgan fingerprint density at radius 1 is 1.28 bits per heavy atom. The van der Waals surface area contributed by atoms with Crippen LogP contribution in [0.3, 0.4) is 0 Å². The Morgan fingerprint density at radius 3 is 2.56 bits per heavy atom. The van der Waals surface area contributed by atoms with Gasteiger partial charge in [-0.25, -0.2) is 0 Å². The zero-order valence-electron chi connectivity index (χ0n) is 11.2. The summed E-state index contributed by atoms with van der Waals surface area (Å²) >= 11 is 5.92. The average molecular weight is 267 g/mol.